The monoisotopic (exact) mass is 266 g/mol. The van der Waals surface area contributed by atoms with E-state index in [1.807, 2.05) is 0 Å². The van der Waals surface area contributed by atoms with Crippen LogP contribution in [-0.4, -0.2) is 18.6 Å². The number of benzene rings is 1. The van der Waals surface area contributed by atoms with Crippen LogP contribution >= 0.6 is 15.9 Å². The zero-order valence-corrected chi connectivity index (χ0v) is 10.4. The van der Waals surface area contributed by atoms with Crippen molar-refractivity contribution in [3.05, 3.63) is 22.7 Å². The highest BCUT2D eigenvalue weighted by molar-refractivity contribution is 9.10. The third-order valence-corrected chi connectivity index (χ3v) is 3.73. The van der Waals surface area contributed by atoms with Gasteiger partial charge in [0.2, 0.25) is 0 Å². The normalized spacial score (nSPS) is 24.7. The fourth-order valence-corrected chi connectivity index (χ4v) is 2.74. The summed E-state index contributed by atoms with van der Waals surface area (Å²) >= 11 is 3.52. The SMILES string of the molecule is CC1CNc2cc(Br)ccc2N1C1CC1. The first-order chi connectivity index (χ1) is 7.25. The highest BCUT2D eigenvalue weighted by atomic mass is 79.9. The summed E-state index contributed by atoms with van der Waals surface area (Å²) in [6.07, 6.45) is 2.72. The third kappa shape index (κ3) is 1.63. The van der Waals surface area contributed by atoms with Crippen LogP contribution in [0.1, 0.15) is 19.8 Å². The summed E-state index contributed by atoms with van der Waals surface area (Å²) in [7, 11) is 0. The van der Waals surface area contributed by atoms with E-state index < -0.39 is 0 Å². The molecule has 1 aromatic carbocycles. The van der Waals surface area contributed by atoms with Crippen LogP contribution in [0.25, 0.3) is 0 Å². The predicted molar refractivity (Wildman–Crippen MR) is 67.6 cm³/mol. The molecule has 1 aliphatic heterocycles. The van der Waals surface area contributed by atoms with E-state index in [2.05, 4.69) is 51.3 Å². The molecule has 15 heavy (non-hydrogen) atoms. The van der Waals surface area contributed by atoms with Crippen molar-refractivity contribution in [2.24, 2.45) is 0 Å². The second kappa shape index (κ2) is 3.41. The summed E-state index contributed by atoms with van der Waals surface area (Å²) in [5.74, 6) is 0. The van der Waals surface area contributed by atoms with E-state index in [0.717, 1.165) is 17.1 Å². The summed E-state index contributed by atoms with van der Waals surface area (Å²) in [5, 5.41) is 3.49. The van der Waals surface area contributed by atoms with Gasteiger partial charge in [0.15, 0.2) is 0 Å². The standard InChI is InChI=1S/C12H15BrN2/c1-8-7-14-11-6-9(13)2-5-12(11)15(8)10-3-4-10/h2,5-6,8,10,14H,3-4,7H2,1H3. The van der Waals surface area contributed by atoms with Gasteiger partial charge in [-0.2, -0.15) is 0 Å². The van der Waals surface area contributed by atoms with Gasteiger partial charge in [0.25, 0.3) is 0 Å². The van der Waals surface area contributed by atoms with Crippen molar-refractivity contribution in [2.75, 3.05) is 16.8 Å². The molecule has 1 saturated carbocycles. The molecule has 1 fully saturated rings. The van der Waals surface area contributed by atoms with Gasteiger partial charge in [0, 0.05) is 23.1 Å². The molecule has 3 heteroatoms. The Balaban J connectivity index is 2.03. The number of rotatable bonds is 1. The maximum atomic E-state index is 3.52. The molecule has 1 unspecified atom stereocenters. The molecule has 0 spiro atoms. The highest BCUT2D eigenvalue weighted by Crippen LogP contribution is 2.40. The van der Waals surface area contributed by atoms with Crippen LogP contribution in [-0.2, 0) is 0 Å². The molecule has 1 heterocycles. The van der Waals surface area contributed by atoms with Crippen molar-refractivity contribution in [2.45, 2.75) is 31.8 Å². The van der Waals surface area contributed by atoms with Gasteiger partial charge < -0.3 is 10.2 Å². The number of anilines is 2. The molecular formula is C12H15BrN2. The Kier molecular flexibility index (Phi) is 2.16. The first-order valence-electron chi connectivity index (χ1n) is 5.57. The fraction of sp³-hybridized carbons (Fsp3) is 0.500. The highest BCUT2D eigenvalue weighted by Gasteiger charge is 2.35. The molecule has 0 aromatic heterocycles. The van der Waals surface area contributed by atoms with Crippen LogP contribution in [0.2, 0.25) is 0 Å². The Bertz CT molecular complexity index is 387. The van der Waals surface area contributed by atoms with E-state index in [9.17, 15) is 0 Å². The van der Waals surface area contributed by atoms with Crippen molar-refractivity contribution in [3.8, 4) is 0 Å². The van der Waals surface area contributed by atoms with Crippen molar-refractivity contribution < 1.29 is 0 Å². The van der Waals surface area contributed by atoms with Crippen LogP contribution in [0.4, 0.5) is 11.4 Å². The Labute approximate surface area is 98.8 Å². The topological polar surface area (TPSA) is 15.3 Å². The molecule has 1 N–H and O–H groups in total. The quantitative estimate of drug-likeness (QED) is 0.840. The molecule has 0 radical (unpaired) electrons. The van der Waals surface area contributed by atoms with Crippen LogP contribution in [0, 0.1) is 0 Å². The lowest BCUT2D eigenvalue weighted by atomic mass is 10.1. The van der Waals surface area contributed by atoms with Gasteiger partial charge in [-0.3, -0.25) is 0 Å². The minimum atomic E-state index is 0.617. The molecule has 3 rings (SSSR count). The number of nitrogens with one attached hydrogen (secondary N) is 1. The maximum absolute atomic E-state index is 3.52. The molecule has 0 amide bonds. The number of hydrogen-bond acceptors (Lipinski definition) is 2. The average molecular weight is 267 g/mol. The van der Waals surface area contributed by atoms with E-state index in [0.29, 0.717) is 6.04 Å². The Hall–Kier alpha value is -0.700. The zero-order chi connectivity index (χ0) is 10.4. The first kappa shape index (κ1) is 9.52. The van der Waals surface area contributed by atoms with Crippen LogP contribution in [0.3, 0.4) is 0 Å². The molecule has 2 aliphatic rings. The fourth-order valence-electron chi connectivity index (χ4n) is 2.38. The first-order valence-corrected chi connectivity index (χ1v) is 6.37. The van der Waals surface area contributed by atoms with E-state index in [1.165, 1.54) is 24.2 Å². The molecule has 0 bridgehead atoms. The maximum Gasteiger partial charge on any atom is 0.0608 e. The Morgan fingerprint density at radius 3 is 2.93 bits per heavy atom. The second-order valence-electron chi connectivity index (χ2n) is 4.53. The summed E-state index contributed by atoms with van der Waals surface area (Å²) in [6.45, 7) is 3.36. The van der Waals surface area contributed by atoms with Crippen molar-refractivity contribution >= 4 is 27.3 Å². The van der Waals surface area contributed by atoms with Crippen molar-refractivity contribution in [1.29, 1.82) is 0 Å². The molecule has 80 valence electrons. The molecule has 2 nitrogen and oxygen atoms in total. The Morgan fingerprint density at radius 2 is 2.20 bits per heavy atom. The molecular weight excluding hydrogens is 252 g/mol. The van der Waals surface area contributed by atoms with Crippen LogP contribution < -0.4 is 10.2 Å². The number of halogens is 1. The van der Waals surface area contributed by atoms with Crippen molar-refractivity contribution in [1.82, 2.24) is 0 Å². The molecule has 1 aliphatic carbocycles. The van der Waals surface area contributed by atoms with Gasteiger partial charge in [-0.25, -0.2) is 0 Å². The molecule has 1 aromatic rings. The minimum Gasteiger partial charge on any atom is -0.381 e. The average Bonchev–Trinajstić information content (AvgIpc) is 3.02. The van der Waals surface area contributed by atoms with Gasteiger partial charge in [-0.05, 0) is 38.0 Å². The van der Waals surface area contributed by atoms with E-state index >= 15 is 0 Å². The predicted octanol–water partition coefficient (Wildman–Crippen LogP) is 3.23. The van der Waals surface area contributed by atoms with Gasteiger partial charge in [-0.1, -0.05) is 15.9 Å². The Morgan fingerprint density at radius 1 is 1.40 bits per heavy atom. The summed E-state index contributed by atoms with van der Waals surface area (Å²) in [4.78, 5) is 2.58. The number of hydrogen-bond donors (Lipinski definition) is 1. The summed E-state index contributed by atoms with van der Waals surface area (Å²) < 4.78 is 1.15. The number of fused-ring (bicyclic) bond motifs is 1. The van der Waals surface area contributed by atoms with E-state index in [-0.39, 0.29) is 0 Å². The van der Waals surface area contributed by atoms with E-state index in [1.54, 1.807) is 0 Å². The lowest BCUT2D eigenvalue weighted by Crippen LogP contribution is -2.43. The van der Waals surface area contributed by atoms with Gasteiger partial charge in [-0.15, -0.1) is 0 Å². The largest absolute Gasteiger partial charge is 0.381 e. The zero-order valence-electron chi connectivity index (χ0n) is 8.83. The lowest BCUT2D eigenvalue weighted by Gasteiger charge is -2.38. The summed E-state index contributed by atoms with van der Waals surface area (Å²) in [5.41, 5.74) is 2.65. The van der Waals surface area contributed by atoms with Crippen LogP contribution in [0.15, 0.2) is 22.7 Å². The lowest BCUT2D eigenvalue weighted by molar-refractivity contribution is 0.638. The smallest absolute Gasteiger partial charge is 0.0608 e. The molecule has 1 atom stereocenters. The van der Waals surface area contributed by atoms with E-state index in [4.69, 9.17) is 0 Å². The van der Waals surface area contributed by atoms with Gasteiger partial charge in [0.05, 0.1) is 11.4 Å². The molecule has 0 saturated heterocycles. The third-order valence-electron chi connectivity index (χ3n) is 3.24. The van der Waals surface area contributed by atoms with Gasteiger partial charge >= 0.3 is 0 Å². The van der Waals surface area contributed by atoms with Crippen LogP contribution in [0.5, 0.6) is 0 Å². The van der Waals surface area contributed by atoms with Crippen molar-refractivity contribution in [3.63, 3.8) is 0 Å². The summed E-state index contributed by atoms with van der Waals surface area (Å²) in [6, 6.07) is 7.94. The van der Waals surface area contributed by atoms with Gasteiger partial charge in [0.1, 0.15) is 0 Å². The minimum absolute atomic E-state index is 0.617. The second-order valence-corrected chi connectivity index (χ2v) is 5.45. The number of nitrogens with zero attached hydrogens (tertiary/aromatic N) is 1.